The third-order valence-corrected chi connectivity index (χ3v) is 4.88. The summed E-state index contributed by atoms with van der Waals surface area (Å²) in [5, 5.41) is 7.47. The van der Waals surface area contributed by atoms with Gasteiger partial charge in [-0.2, -0.15) is 0 Å². The largest absolute Gasteiger partial charge is 0.341 e. The third-order valence-electron chi connectivity index (χ3n) is 4.60. The van der Waals surface area contributed by atoms with Crippen LogP contribution in [0.2, 0.25) is 0 Å². The molecule has 1 aromatic rings. The zero-order valence-electron chi connectivity index (χ0n) is 11.9. The summed E-state index contributed by atoms with van der Waals surface area (Å²) < 4.78 is 3.03. The summed E-state index contributed by atoms with van der Waals surface area (Å²) >= 11 is 5.38. The Balaban J connectivity index is 1.77. The van der Waals surface area contributed by atoms with E-state index in [1.165, 1.54) is 32.1 Å². The third kappa shape index (κ3) is 2.71. The maximum absolute atomic E-state index is 5.38. The summed E-state index contributed by atoms with van der Waals surface area (Å²) in [5.74, 6) is 2.74. The van der Waals surface area contributed by atoms with Crippen LogP contribution in [0.25, 0.3) is 0 Å². The highest BCUT2D eigenvalue weighted by atomic mass is 32.1. The fraction of sp³-hybridized carbons (Fsp3) is 0.857. The monoisotopic (exact) mass is 280 g/mol. The van der Waals surface area contributed by atoms with E-state index in [9.17, 15) is 0 Å². The van der Waals surface area contributed by atoms with E-state index < -0.39 is 0 Å². The minimum atomic E-state index is 0.602. The molecule has 4 nitrogen and oxygen atoms in total. The van der Waals surface area contributed by atoms with Crippen molar-refractivity contribution in [1.82, 2.24) is 14.8 Å². The summed E-state index contributed by atoms with van der Waals surface area (Å²) in [5.41, 5.74) is 0. The number of hydrogen-bond donors (Lipinski definition) is 1. The Bertz CT molecular complexity index is 486. The quantitative estimate of drug-likeness (QED) is 0.860. The van der Waals surface area contributed by atoms with Crippen LogP contribution in [-0.2, 0) is 0 Å². The van der Waals surface area contributed by atoms with Crippen LogP contribution in [0.15, 0.2) is 0 Å². The standard InChI is InChI=1S/C14H24N4S/c1-10(2)11-4-3-8-17(9-7-11)13-15-16-14(19)18(13)12-5-6-12/h10-12H,3-9H2,1-2H3,(H,16,19). The molecule has 1 atom stereocenters. The Kier molecular flexibility index (Phi) is 3.65. The van der Waals surface area contributed by atoms with Gasteiger partial charge in [0.1, 0.15) is 0 Å². The first-order valence-corrected chi connectivity index (χ1v) is 7.99. The maximum Gasteiger partial charge on any atom is 0.225 e. The average molecular weight is 280 g/mol. The number of aromatic nitrogens is 3. The molecule has 1 aliphatic heterocycles. The zero-order chi connectivity index (χ0) is 13.4. The van der Waals surface area contributed by atoms with E-state index >= 15 is 0 Å². The molecule has 1 unspecified atom stereocenters. The molecule has 5 heteroatoms. The highest BCUT2D eigenvalue weighted by Gasteiger charge is 2.30. The van der Waals surface area contributed by atoms with Crippen LogP contribution in [0.3, 0.4) is 0 Å². The highest BCUT2D eigenvalue weighted by Crippen LogP contribution is 2.38. The molecule has 1 N–H and O–H groups in total. The van der Waals surface area contributed by atoms with Crippen molar-refractivity contribution in [2.24, 2.45) is 11.8 Å². The van der Waals surface area contributed by atoms with Gasteiger partial charge in [-0.1, -0.05) is 13.8 Å². The molecule has 19 heavy (non-hydrogen) atoms. The molecule has 2 aliphatic rings. The van der Waals surface area contributed by atoms with Gasteiger partial charge in [0.2, 0.25) is 5.95 Å². The lowest BCUT2D eigenvalue weighted by atomic mass is 9.89. The molecule has 2 fully saturated rings. The van der Waals surface area contributed by atoms with E-state index in [2.05, 4.69) is 33.5 Å². The fourth-order valence-corrected chi connectivity index (χ4v) is 3.45. The smallest absolute Gasteiger partial charge is 0.225 e. The lowest BCUT2D eigenvalue weighted by molar-refractivity contribution is 0.351. The van der Waals surface area contributed by atoms with Gasteiger partial charge in [0, 0.05) is 19.1 Å². The second-order valence-electron chi connectivity index (χ2n) is 6.35. The summed E-state index contributed by atoms with van der Waals surface area (Å²) in [6.45, 7) is 6.94. The summed E-state index contributed by atoms with van der Waals surface area (Å²) in [4.78, 5) is 2.44. The van der Waals surface area contributed by atoms with Crippen LogP contribution in [0, 0.1) is 16.6 Å². The molecule has 3 rings (SSSR count). The molecule has 0 aromatic carbocycles. The normalized spacial score (nSPS) is 24.8. The second-order valence-corrected chi connectivity index (χ2v) is 6.74. The van der Waals surface area contributed by atoms with Crippen LogP contribution in [0.4, 0.5) is 5.95 Å². The molecule has 106 valence electrons. The van der Waals surface area contributed by atoms with Gasteiger partial charge in [-0.25, -0.2) is 5.10 Å². The van der Waals surface area contributed by atoms with Crippen molar-refractivity contribution in [3.8, 4) is 0 Å². The molecule has 1 saturated heterocycles. The van der Waals surface area contributed by atoms with Crippen LogP contribution in [0.1, 0.15) is 52.0 Å². The summed E-state index contributed by atoms with van der Waals surface area (Å²) in [6, 6.07) is 0.602. The maximum atomic E-state index is 5.38. The average Bonchev–Trinajstić information content (AvgIpc) is 3.17. The van der Waals surface area contributed by atoms with Crippen molar-refractivity contribution in [1.29, 1.82) is 0 Å². The minimum Gasteiger partial charge on any atom is -0.341 e. The second kappa shape index (κ2) is 5.27. The Morgan fingerprint density at radius 3 is 2.68 bits per heavy atom. The van der Waals surface area contributed by atoms with Crippen molar-refractivity contribution >= 4 is 18.2 Å². The molecular formula is C14H24N4S. The van der Waals surface area contributed by atoms with Crippen molar-refractivity contribution in [2.75, 3.05) is 18.0 Å². The van der Waals surface area contributed by atoms with Gasteiger partial charge >= 0.3 is 0 Å². The van der Waals surface area contributed by atoms with Gasteiger partial charge in [-0.15, -0.1) is 5.10 Å². The van der Waals surface area contributed by atoms with Crippen LogP contribution in [-0.4, -0.2) is 27.9 Å². The van der Waals surface area contributed by atoms with E-state index in [1.807, 2.05) is 0 Å². The van der Waals surface area contributed by atoms with E-state index in [1.54, 1.807) is 0 Å². The SMILES string of the molecule is CC(C)C1CCCN(c2n[nH]c(=S)n2C2CC2)CC1. The number of rotatable bonds is 3. The van der Waals surface area contributed by atoms with E-state index in [0.717, 1.165) is 35.6 Å². The number of anilines is 1. The number of aromatic amines is 1. The molecule has 0 bridgehead atoms. The molecule has 2 heterocycles. The van der Waals surface area contributed by atoms with E-state index in [-0.39, 0.29) is 0 Å². The lowest BCUT2D eigenvalue weighted by Gasteiger charge is -2.22. The fourth-order valence-electron chi connectivity index (χ4n) is 3.17. The number of nitrogens with zero attached hydrogens (tertiary/aromatic N) is 3. The van der Waals surface area contributed by atoms with Crippen LogP contribution < -0.4 is 4.90 Å². The lowest BCUT2D eigenvalue weighted by Crippen LogP contribution is -2.27. The Morgan fingerprint density at radius 2 is 2.00 bits per heavy atom. The zero-order valence-corrected chi connectivity index (χ0v) is 12.7. The van der Waals surface area contributed by atoms with Crippen molar-refractivity contribution in [3.63, 3.8) is 0 Å². The molecule has 1 saturated carbocycles. The van der Waals surface area contributed by atoms with E-state index in [0.29, 0.717) is 6.04 Å². The topological polar surface area (TPSA) is 36.9 Å². The van der Waals surface area contributed by atoms with Crippen molar-refractivity contribution < 1.29 is 0 Å². The summed E-state index contributed by atoms with van der Waals surface area (Å²) in [6.07, 6.45) is 6.41. The molecule has 1 aliphatic carbocycles. The van der Waals surface area contributed by atoms with Crippen LogP contribution >= 0.6 is 12.2 Å². The molecule has 1 aromatic heterocycles. The number of H-pyrrole nitrogens is 1. The molecular weight excluding hydrogens is 256 g/mol. The Hall–Kier alpha value is -0.840. The van der Waals surface area contributed by atoms with Gasteiger partial charge < -0.3 is 4.90 Å². The Morgan fingerprint density at radius 1 is 1.21 bits per heavy atom. The molecule has 0 spiro atoms. The van der Waals surface area contributed by atoms with Gasteiger partial charge in [-0.05, 0) is 56.2 Å². The van der Waals surface area contributed by atoms with Gasteiger partial charge in [-0.3, -0.25) is 4.57 Å². The summed E-state index contributed by atoms with van der Waals surface area (Å²) in [7, 11) is 0. The van der Waals surface area contributed by atoms with Crippen LogP contribution in [0.5, 0.6) is 0 Å². The van der Waals surface area contributed by atoms with Crippen molar-refractivity contribution in [3.05, 3.63) is 4.77 Å². The number of hydrogen-bond acceptors (Lipinski definition) is 3. The first kappa shape index (κ1) is 13.2. The number of nitrogens with one attached hydrogen (secondary N) is 1. The molecule has 0 amide bonds. The Labute approximate surface area is 120 Å². The predicted octanol–water partition coefficient (Wildman–Crippen LogP) is 3.54. The van der Waals surface area contributed by atoms with E-state index in [4.69, 9.17) is 12.2 Å². The van der Waals surface area contributed by atoms with Gasteiger partial charge in [0.25, 0.3) is 0 Å². The minimum absolute atomic E-state index is 0.602. The predicted molar refractivity (Wildman–Crippen MR) is 80.1 cm³/mol. The molecule has 0 radical (unpaired) electrons. The van der Waals surface area contributed by atoms with Gasteiger partial charge in [0.15, 0.2) is 4.77 Å². The first-order chi connectivity index (χ1) is 9.16. The first-order valence-electron chi connectivity index (χ1n) is 7.58. The van der Waals surface area contributed by atoms with Crippen molar-refractivity contribution in [2.45, 2.75) is 52.0 Å². The van der Waals surface area contributed by atoms with Gasteiger partial charge in [0.05, 0.1) is 0 Å². The highest BCUT2D eigenvalue weighted by molar-refractivity contribution is 7.71.